The van der Waals surface area contributed by atoms with Crippen molar-refractivity contribution in [3.05, 3.63) is 76.4 Å². The fourth-order valence-electron chi connectivity index (χ4n) is 1.87. The number of hydrogen-bond acceptors (Lipinski definition) is 4. The van der Waals surface area contributed by atoms with E-state index in [1.165, 1.54) is 30.1 Å². The fraction of sp³-hybridized carbons (Fsp3) is 0. The molecule has 1 fully saturated rings. The molecule has 0 saturated carbocycles. The second-order valence-corrected chi connectivity index (χ2v) is 5.71. The molecule has 1 amide bonds. The van der Waals surface area contributed by atoms with Gasteiger partial charge in [0.2, 0.25) is 0 Å². The number of nitrogens with zero attached hydrogens (tertiary/aromatic N) is 2. The molecular formula is C17H12FN3OS. The Bertz CT molecular complexity index is 798. The van der Waals surface area contributed by atoms with E-state index in [4.69, 9.17) is 0 Å². The Morgan fingerprint density at radius 2 is 1.74 bits per heavy atom. The summed E-state index contributed by atoms with van der Waals surface area (Å²) in [6.45, 7) is 0. The molecule has 1 N–H and O–H groups in total. The van der Waals surface area contributed by atoms with Gasteiger partial charge in [-0.05, 0) is 41.1 Å². The monoisotopic (exact) mass is 325 g/mol. The van der Waals surface area contributed by atoms with Gasteiger partial charge in [-0.1, -0.05) is 42.5 Å². The van der Waals surface area contributed by atoms with Crippen LogP contribution in [0.2, 0.25) is 0 Å². The number of hydrogen-bond donors (Lipinski definition) is 1. The molecule has 4 nitrogen and oxygen atoms in total. The molecule has 23 heavy (non-hydrogen) atoms. The maximum atomic E-state index is 12.8. The molecule has 2 aromatic carbocycles. The Labute approximate surface area is 136 Å². The van der Waals surface area contributed by atoms with Gasteiger partial charge in [-0.2, -0.15) is 5.10 Å². The maximum absolute atomic E-state index is 12.8. The first-order valence-corrected chi connectivity index (χ1v) is 7.65. The standard InChI is InChI=1S/C17H12FN3OS/c18-14-8-6-13(7-9-14)11-19-21-17-20-16(22)15(23-17)10-12-4-2-1-3-5-12/h1-11H,(H,20,21,22)/b15-10+,19-11+. The first-order valence-electron chi connectivity index (χ1n) is 6.83. The minimum absolute atomic E-state index is 0.199. The maximum Gasteiger partial charge on any atom is 0.264 e. The van der Waals surface area contributed by atoms with E-state index >= 15 is 0 Å². The Morgan fingerprint density at radius 1 is 1.00 bits per heavy atom. The Kier molecular flexibility index (Phi) is 4.63. The number of halogens is 1. The minimum atomic E-state index is -0.303. The predicted octanol–water partition coefficient (Wildman–Crippen LogP) is 3.42. The van der Waals surface area contributed by atoms with E-state index in [2.05, 4.69) is 15.5 Å². The summed E-state index contributed by atoms with van der Waals surface area (Å²) in [5.74, 6) is -0.502. The van der Waals surface area contributed by atoms with Crippen molar-refractivity contribution < 1.29 is 9.18 Å². The molecule has 1 aliphatic rings. The second kappa shape index (κ2) is 7.02. The van der Waals surface area contributed by atoms with Crippen molar-refractivity contribution in [2.45, 2.75) is 0 Å². The summed E-state index contributed by atoms with van der Waals surface area (Å²) < 4.78 is 12.8. The summed E-state index contributed by atoms with van der Waals surface area (Å²) >= 11 is 1.23. The lowest BCUT2D eigenvalue weighted by Crippen LogP contribution is -2.19. The van der Waals surface area contributed by atoms with Gasteiger partial charge in [0.1, 0.15) is 5.82 Å². The van der Waals surface area contributed by atoms with E-state index in [1.54, 1.807) is 18.2 Å². The van der Waals surface area contributed by atoms with E-state index in [9.17, 15) is 9.18 Å². The van der Waals surface area contributed by atoms with Gasteiger partial charge in [0.25, 0.3) is 5.91 Å². The molecule has 114 valence electrons. The smallest absolute Gasteiger partial charge is 0.264 e. The van der Waals surface area contributed by atoms with Crippen molar-refractivity contribution in [2.75, 3.05) is 0 Å². The third kappa shape index (κ3) is 4.14. The van der Waals surface area contributed by atoms with Crippen LogP contribution in [0.4, 0.5) is 4.39 Å². The van der Waals surface area contributed by atoms with Crippen molar-refractivity contribution in [1.29, 1.82) is 0 Å². The van der Waals surface area contributed by atoms with Gasteiger partial charge in [0, 0.05) is 0 Å². The van der Waals surface area contributed by atoms with Crippen LogP contribution in [0, 0.1) is 5.82 Å². The zero-order valence-electron chi connectivity index (χ0n) is 11.9. The fourth-order valence-corrected chi connectivity index (χ4v) is 2.65. The van der Waals surface area contributed by atoms with Gasteiger partial charge >= 0.3 is 0 Å². The van der Waals surface area contributed by atoms with Crippen LogP contribution in [-0.4, -0.2) is 17.3 Å². The van der Waals surface area contributed by atoms with Gasteiger partial charge in [-0.15, -0.1) is 5.10 Å². The van der Waals surface area contributed by atoms with Crippen LogP contribution in [0.3, 0.4) is 0 Å². The average Bonchev–Trinajstić information content (AvgIpc) is 2.90. The molecule has 1 saturated heterocycles. The summed E-state index contributed by atoms with van der Waals surface area (Å²) in [7, 11) is 0. The quantitative estimate of drug-likeness (QED) is 0.534. The van der Waals surface area contributed by atoms with Crippen LogP contribution < -0.4 is 5.32 Å². The number of carbonyl (C=O) groups excluding carboxylic acids is 1. The highest BCUT2D eigenvalue weighted by molar-refractivity contribution is 8.18. The first kappa shape index (κ1) is 15.2. The van der Waals surface area contributed by atoms with Crippen molar-refractivity contribution in [2.24, 2.45) is 10.2 Å². The molecule has 0 bridgehead atoms. The van der Waals surface area contributed by atoms with Crippen molar-refractivity contribution in [3.63, 3.8) is 0 Å². The van der Waals surface area contributed by atoms with Gasteiger partial charge in [0.05, 0.1) is 11.1 Å². The number of amides is 1. The summed E-state index contributed by atoms with van der Waals surface area (Å²) in [6, 6.07) is 15.5. The second-order valence-electron chi connectivity index (χ2n) is 4.68. The van der Waals surface area contributed by atoms with E-state index in [-0.39, 0.29) is 11.7 Å². The van der Waals surface area contributed by atoms with Crippen LogP contribution in [0.25, 0.3) is 6.08 Å². The third-order valence-electron chi connectivity index (χ3n) is 2.97. The molecule has 3 rings (SSSR count). The van der Waals surface area contributed by atoms with Crippen LogP contribution in [0.15, 0.2) is 69.7 Å². The van der Waals surface area contributed by atoms with Crippen molar-refractivity contribution in [3.8, 4) is 0 Å². The summed E-state index contributed by atoms with van der Waals surface area (Å²) in [6.07, 6.45) is 3.30. The zero-order chi connectivity index (χ0) is 16.1. The molecule has 0 spiro atoms. The Morgan fingerprint density at radius 3 is 2.48 bits per heavy atom. The van der Waals surface area contributed by atoms with Gasteiger partial charge in [-0.3, -0.25) is 10.1 Å². The molecule has 1 heterocycles. The van der Waals surface area contributed by atoms with Crippen LogP contribution in [0.5, 0.6) is 0 Å². The van der Waals surface area contributed by atoms with Crippen LogP contribution in [0.1, 0.15) is 11.1 Å². The third-order valence-corrected chi connectivity index (χ3v) is 3.87. The highest BCUT2D eigenvalue weighted by Gasteiger charge is 2.23. The number of benzene rings is 2. The summed E-state index contributed by atoms with van der Waals surface area (Å²) in [4.78, 5) is 12.4. The molecule has 0 atom stereocenters. The van der Waals surface area contributed by atoms with Crippen LogP contribution in [-0.2, 0) is 4.79 Å². The van der Waals surface area contributed by atoms with E-state index in [0.29, 0.717) is 10.1 Å². The molecule has 0 aromatic heterocycles. The number of thioether (sulfide) groups is 1. The lowest BCUT2D eigenvalue weighted by atomic mass is 10.2. The molecule has 6 heteroatoms. The first-order chi connectivity index (χ1) is 11.2. The highest BCUT2D eigenvalue weighted by Crippen LogP contribution is 2.25. The molecule has 0 unspecified atom stereocenters. The number of amidine groups is 1. The van der Waals surface area contributed by atoms with Crippen molar-refractivity contribution >= 4 is 35.1 Å². The molecular weight excluding hydrogens is 313 g/mol. The lowest BCUT2D eigenvalue weighted by Gasteiger charge is -1.93. The van der Waals surface area contributed by atoms with Gasteiger partial charge < -0.3 is 0 Å². The predicted molar refractivity (Wildman–Crippen MR) is 91.6 cm³/mol. The molecule has 2 aromatic rings. The molecule has 0 radical (unpaired) electrons. The number of carbonyl (C=O) groups is 1. The number of rotatable bonds is 3. The summed E-state index contributed by atoms with van der Waals surface area (Å²) in [5, 5.41) is 10.9. The normalized spacial score (nSPS) is 18.0. The van der Waals surface area contributed by atoms with Crippen molar-refractivity contribution in [1.82, 2.24) is 5.32 Å². The summed E-state index contributed by atoms with van der Waals surface area (Å²) in [5.41, 5.74) is 1.67. The SMILES string of the molecule is O=C1N/C(=N/N=C/c2ccc(F)cc2)S/C1=C/c1ccccc1. The topological polar surface area (TPSA) is 53.8 Å². The zero-order valence-corrected chi connectivity index (χ0v) is 12.8. The highest BCUT2D eigenvalue weighted by atomic mass is 32.2. The van der Waals surface area contributed by atoms with E-state index in [0.717, 1.165) is 11.1 Å². The van der Waals surface area contributed by atoms with E-state index in [1.807, 2.05) is 30.3 Å². The average molecular weight is 325 g/mol. The minimum Gasteiger partial charge on any atom is -0.299 e. The van der Waals surface area contributed by atoms with E-state index < -0.39 is 0 Å². The Hall–Kier alpha value is -2.73. The van der Waals surface area contributed by atoms with Gasteiger partial charge in [-0.25, -0.2) is 4.39 Å². The lowest BCUT2D eigenvalue weighted by molar-refractivity contribution is -0.115. The van der Waals surface area contributed by atoms with Gasteiger partial charge in [0.15, 0.2) is 5.17 Å². The number of nitrogens with one attached hydrogen (secondary N) is 1. The molecule has 0 aliphatic carbocycles. The molecule has 1 aliphatic heterocycles. The Balaban J connectivity index is 1.69. The van der Waals surface area contributed by atoms with Crippen LogP contribution >= 0.6 is 11.8 Å². The largest absolute Gasteiger partial charge is 0.299 e.